The summed E-state index contributed by atoms with van der Waals surface area (Å²) in [5.41, 5.74) is 0.744. The molecule has 1 saturated carbocycles. The second-order valence-corrected chi connectivity index (χ2v) is 7.12. The first-order valence-electron chi connectivity index (χ1n) is 8.14. The molecule has 1 fully saturated rings. The molecule has 0 aliphatic heterocycles. The zero-order valence-corrected chi connectivity index (χ0v) is 15.3. The van der Waals surface area contributed by atoms with Crippen molar-refractivity contribution in [3.05, 3.63) is 28.7 Å². The Bertz CT molecular complexity index is 559. The number of hydrogen-bond acceptors (Lipinski definition) is 2. The Kier molecular flexibility index (Phi) is 6.59. The van der Waals surface area contributed by atoms with E-state index in [0.717, 1.165) is 27.9 Å². The molecule has 126 valence electrons. The number of halogens is 1. The fraction of sp³-hybridized carbons (Fsp3) is 0.529. The molecule has 1 aliphatic rings. The van der Waals surface area contributed by atoms with Gasteiger partial charge < -0.3 is 15.5 Å². The number of benzene rings is 1. The Labute approximate surface area is 145 Å². The van der Waals surface area contributed by atoms with Crippen molar-refractivity contribution in [3.8, 4) is 0 Å². The van der Waals surface area contributed by atoms with Crippen LogP contribution in [-0.2, 0) is 9.59 Å². The second kappa shape index (κ2) is 8.45. The van der Waals surface area contributed by atoms with Crippen LogP contribution in [0.4, 0.5) is 5.69 Å². The first-order valence-corrected chi connectivity index (χ1v) is 8.93. The van der Waals surface area contributed by atoms with Crippen LogP contribution in [0.5, 0.6) is 0 Å². The lowest BCUT2D eigenvalue weighted by Crippen LogP contribution is -3.15. The van der Waals surface area contributed by atoms with E-state index in [4.69, 9.17) is 0 Å². The maximum absolute atomic E-state index is 12.3. The molecular weight excluding hydrogens is 358 g/mol. The third-order valence-electron chi connectivity index (χ3n) is 4.42. The number of hydrogen-bond donors (Lipinski definition) is 3. The molecule has 23 heavy (non-hydrogen) atoms. The first-order chi connectivity index (χ1) is 11.0. The summed E-state index contributed by atoms with van der Waals surface area (Å²) < 4.78 is 0.845. The number of likely N-dealkylation sites (N-methyl/N-ethyl adjacent to an activating group) is 1. The number of carbonyl (C=O) groups is 2. The number of carbonyl (C=O) groups excluding carboxylic acids is 2. The van der Waals surface area contributed by atoms with Crippen LogP contribution >= 0.6 is 15.9 Å². The molecule has 0 saturated heterocycles. The van der Waals surface area contributed by atoms with Crippen molar-refractivity contribution in [2.75, 3.05) is 18.9 Å². The van der Waals surface area contributed by atoms with Crippen LogP contribution in [0.2, 0.25) is 0 Å². The monoisotopic (exact) mass is 382 g/mol. The van der Waals surface area contributed by atoms with Gasteiger partial charge in [-0.05, 0) is 47.8 Å². The van der Waals surface area contributed by atoms with Crippen molar-refractivity contribution in [1.29, 1.82) is 0 Å². The van der Waals surface area contributed by atoms with Gasteiger partial charge in [-0.2, -0.15) is 0 Å². The van der Waals surface area contributed by atoms with Gasteiger partial charge in [0.2, 0.25) is 0 Å². The van der Waals surface area contributed by atoms with Crippen LogP contribution in [0.15, 0.2) is 28.7 Å². The van der Waals surface area contributed by atoms with E-state index in [1.807, 2.05) is 38.2 Å². The molecule has 3 N–H and O–H groups in total. The van der Waals surface area contributed by atoms with Crippen molar-refractivity contribution >= 4 is 33.4 Å². The van der Waals surface area contributed by atoms with Crippen molar-refractivity contribution in [3.63, 3.8) is 0 Å². The lowest BCUT2D eigenvalue weighted by molar-refractivity contribution is -0.885. The van der Waals surface area contributed by atoms with E-state index in [1.54, 1.807) is 0 Å². The van der Waals surface area contributed by atoms with Crippen molar-refractivity contribution in [2.45, 2.75) is 44.7 Å². The van der Waals surface area contributed by atoms with Gasteiger partial charge in [-0.15, -0.1) is 0 Å². The first kappa shape index (κ1) is 17.9. The summed E-state index contributed by atoms with van der Waals surface area (Å²) in [7, 11) is 1.87. The van der Waals surface area contributed by atoms with E-state index in [0.29, 0.717) is 6.04 Å². The number of para-hydroxylation sites is 1. The third kappa shape index (κ3) is 5.32. The van der Waals surface area contributed by atoms with Crippen molar-refractivity contribution in [2.24, 2.45) is 0 Å². The highest BCUT2D eigenvalue weighted by molar-refractivity contribution is 9.10. The van der Waals surface area contributed by atoms with E-state index >= 15 is 0 Å². The summed E-state index contributed by atoms with van der Waals surface area (Å²) in [6.07, 6.45) is 4.52. The summed E-state index contributed by atoms with van der Waals surface area (Å²) in [6, 6.07) is 7.55. The van der Waals surface area contributed by atoms with Crippen LogP contribution in [0.3, 0.4) is 0 Å². The molecule has 0 aromatic heterocycles. The molecule has 1 aliphatic carbocycles. The van der Waals surface area contributed by atoms with Gasteiger partial charge in [-0.1, -0.05) is 25.0 Å². The summed E-state index contributed by atoms with van der Waals surface area (Å²) >= 11 is 3.41. The molecule has 2 rings (SSSR count). The predicted octanol–water partition coefficient (Wildman–Crippen LogP) is 1.35. The largest absolute Gasteiger partial charge is 0.348 e. The van der Waals surface area contributed by atoms with Gasteiger partial charge in [0.15, 0.2) is 12.6 Å². The van der Waals surface area contributed by atoms with Crippen molar-refractivity contribution < 1.29 is 14.5 Å². The highest BCUT2D eigenvalue weighted by Gasteiger charge is 2.27. The Hall–Kier alpha value is -1.40. The molecule has 2 atom stereocenters. The Morgan fingerprint density at radius 2 is 1.96 bits per heavy atom. The summed E-state index contributed by atoms with van der Waals surface area (Å²) in [4.78, 5) is 25.3. The highest BCUT2D eigenvalue weighted by Crippen LogP contribution is 2.20. The summed E-state index contributed by atoms with van der Waals surface area (Å²) in [6.45, 7) is 2.12. The summed E-state index contributed by atoms with van der Waals surface area (Å²) in [5, 5.41) is 5.96. The summed E-state index contributed by atoms with van der Waals surface area (Å²) in [5.74, 6) is -0.0713. The van der Waals surface area contributed by atoms with E-state index in [9.17, 15) is 9.59 Å². The molecule has 0 radical (unpaired) electrons. The topological polar surface area (TPSA) is 62.6 Å². The Balaban J connectivity index is 1.82. The quantitative estimate of drug-likeness (QED) is 0.695. The number of amides is 2. The van der Waals surface area contributed by atoms with Crippen LogP contribution in [0.25, 0.3) is 0 Å². The lowest BCUT2D eigenvalue weighted by Gasteiger charge is -2.22. The molecule has 1 unspecified atom stereocenters. The van der Waals surface area contributed by atoms with Crippen LogP contribution in [0, 0.1) is 0 Å². The fourth-order valence-electron chi connectivity index (χ4n) is 2.78. The molecule has 2 amide bonds. The number of nitrogens with one attached hydrogen (secondary N) is 3. The van der Waals surface area contributed by atoms with Crippen LogP contribution < -0.4 is 15.5 Å². The minimum absolute atomic E-state index is 0.0306. The van der Waals surface area contributed by atoms with Gasteiger partial charge in [0.1, 0.15) is 0 Å². The smallest absolute Gasteiger partial charge is 0.279 e. The van der Waals surface area contributed by atoms with E-state index in [1.165, 1.54) is 12.8 Å². The van der Waals surface area contributed by atoms with Crippen molar-refractivity contribution in [1.82, 2.24) is 5.32 Å². The van der Waals surface area contributed by atoms with Gasteiger partial charge in [-0.3, -0.25) is 9.59 Å². The maximum Gasteiger partial charge on any atom is 0.279 e. The second-order valence-electron chi connectivity index (χ2n) is 6.26. The molecule has 0 heterocycles. The van der Waals surface area contributed by atoms with Crippen LogP contribution in [0.1, 0.15) is 32.6 Å². The molecule has 0 spiro atoms. The minimum Gasteiger partial charge on any atom is -0.348 e. The lowest BCUT2D eigenvalue weighted by atomic mass is 10.2. The molecular formula is C17H25BrN3O2+. The zero-order valence-electron chi connectivity index (χ0n) is 13.7. The van der Waals surface area contributed by atoms with Gasteiger partial charge >= 0.3 is 0 Å². The van der Waals surface area contributed by atoms with Gasteiger partial charge in [0.25, 0.3) is 11.8 Å². The fourth-order valence-corrected chi connectivity index (χ4v) is 3.17. The normalized spacial score (nSPS) is 17.5. The van der Waals surface area contributed by atoms with Gasteiger partial charge in [0, 0.05) is 10.5 Å². The molecule has 1 aromatic carbocycles. The predicted molar refractivity (Wildman–Crippen MR) is 94.4 cm³/mol. The minimum atomic E-state index is -0.249. The van der Waals surface area contributed by atoms with Gasteiger partial charge in [-0.25, -0.2) is 0 Å². The molecule has 5 nitrogen and oxygen atoms in total. The van der Waals surface area contributed by atoms with E-state index in [-0.39, 0.29) is 24.4 Å². The SMILES string of the molecule is C[C@H](C(=O)NC1CCCC1)[NH+](C)CC(=O)Nc1ccccc1Br. The Morgan fingerprint density at radius 3 is 2.61 bits per heavy atom. The number of anilines is 1. The molecule has 1 aromatic rings. The van der Waals surface area contributed by atoms with Gasteiger partial charge in [0.05, 0.1) is 12.7 Å². The standard InChI is InChI=1S/C17H24BrN3O2/c1-12(17(23)19-13-7-3-4-8-13)21(2)11-16(22)20-15-10-6-5-9-14(15)18/h5-6,9-10,12-13H,3-4,7-8,11H2,1-2H3,(H,19,23)(H,20,22)/p+1/t12-/m1/s1. The zero-order chi connectivity index (χ0) is 16.8. The average molecular weight is 383 g/mol. The highest BCUT2D eigenvalue weighted by atomic mass is 79.9. The Morgan fingerprint density at radius 1 is 1.30 bits per heavy atom. The third-order valence-corrected chi connectivity index (χ3v) is 5.11. The molecule has 0 bridgehead atoms. The number of rotatable bonds is 6. The average Bonchev–Trinajstić information content (AvgIpc) is 3.01. The maximum atomic E-state index is 12.3. The van der Waals surface area contributed by atoms with Crippen LogP contribution in [-0.4, -0.2) is 37.5 Å². The van der Waals surface area contributed by atoms with E-state index in [2.05, 4.69) is 26.6 Å². The van der Waals surface area contributed by atoms with E-state index < -0.39 is 0 Å². The number of quaternary nitrogens is 1. The molecule has 6 heteroatoms.